The number of hydrogen-bond acceptors (Lipinski definition) is 5. The van der Waals surface area contributed by atoms with Crippen LogP contribution < -0.4 is 0 Å². The summed E-state index contributed by atoms with van der Waals surface area (Å²) in [5, 5.41) is 14.2. The van der Waals surface area contributed by atoms with E-state index in [-0.39, 0.29) is 6.42 Å². The van der Waals surface area contributed by atoms with Gasteiger partial charge in [0.15, 0.2) is 11.6 Å². The summed E-state index contributed by atoms with van der Waals surface area (Å²) in [7, 11) is 0. The maximum Gasteiger partial charge on any atom is 0.303 e. The van der Waals surface area contributed by atoms with Gasteiger partial charge in [-0.05, 0) is 48.9 Å². The molecule has 8 heteroatoms. The molecule has 28 heavy (non-hydrogen) atoms. The van der Waals surface area contributed by atoms with Crippen LogP contribution in [0.25, 0.3) is 33.8 Å². The van der Waals surface area contributed by atoms with E-state index in [0.717, 1.165) is 22.2 Å². The Morgan fingerprint density at radius 1 is 1.00 bits per heavy atom. The molecule has 0 bridgehead atoms. The number of hydrogen-bond donors (Lipinski definition) is 1. The Hall–Kier alpha value is -3.32. The number of carboxylic acids is 1. The third-order valence-electron chi connectivity index (χ3n) is 4.26. The molecule has 0 unspecified atom stereocenters. The molecule has 4 rings (SSSR count). The van der Waals surface area contributed by atoms with Crippen LogP contribution in [0.2, 0.25) is 5.02 Å². The van der Waals surface area contributed by atoms with E-state index in [0.29, 0.717) is 29.6 Å². The molecular formula is C20H16ClN5O2. The molecule has 0 radical (unpaired) electrons. The van der Waals surface area contributed by atoms with Crippen molar-refractivity contribution in [2.45, 2.75) is 19.4 Å². The van der Waals surface area contributed by atoms with Gasteiger partial charge in [-0.3, -0.25) is 14.8 Å². The number of aliphatic carboxylic acids is 1. The Morgan fingerprint density at radius 2 is 1.71 bits per heavy atom. The number of benzene rings is 2. The Kier molecular flexibility index (Phi) is 4.99. The molecule has 140 valence electrons. The fourth-order valence-electron chi connectivity index (χ4n) is 2.92. The summed E-state index contributed by atoms with van der Waals surface area (Å²) in [6.07, 6.45) is 3.82. The van der Waals surface area contributed by atoms with Gasteiger partial charge in [0.1, 0.15) is 0 Å². The molecule has 2 aromatic carbocycles. The van der Waals surface area contributed by atoms with Crippen molar-refractivity contribution < 1.29 is 9.90 Å². The first kappa shape index (κ1) is 18.1. The number of fused-ring (bicyclic) bond motifs is 1. The van der Waals surface area contributed by atoms with Crippen LogP contribution in [0.15, 0.2) is 54.9 Å². The minimum atomic E-state index is -0.833. The zero-order valence-corrected chi connectivity index (χ0v) is 15.5. The summed E-state index contributed by atoms with van der Waals surface area (Å²) >= 11 is 5.97. The molecule has 0 saturated heterocycles. The number of carboxylic acid groups (broad SMARTS) is 1. The number of aryl methyl sites for hydroxylation is 1. The lowest BCUT2D eigenvalue weighted by atomic mass is 10.1. The van der Waals surface area contributed by atoms with Crippen LogP contribution in [-0.4, -0.2) is 35.8 Å². The molecule has 0 aliphatic rings. The van der Waals surface area contributed by atoms with Gasteiger partial charge < -0.3 is 5.11 Å². The van der Waals surface area contributed by atoms with Gasteiger partial charge in [-0.1, -0.05) is 11.6 Å². The zero-order chi connectivity index (χ0) is 19.5. The van der Waals surface area contributed by atoms with Crippen molar-refractivity contribution in [1.29, 1.82) is 0 Å². The fraction of sp³-hybridized carbons (Fsp3) is 0.150. The molecule has 0 saturated carbocycles. The Bertz CT molecular complexity index is 1140. The first-order chi connectivity index (χ1) is 13.6. The van der Waals surface area contributed by atoms with Crippen LogP contribution in [0.1, 0.15) is 12.8 Å². The largest absolute Gasteiger partial charge is 0.481 e. The molecule has 2 aromatic heterocycles. The highest BCUT2D eigenvalue weighted by atomic mass is 35.5. The predicted octanol–water partition coefficient (Wildman–Crippen LogP) is 4.07. The number of aromatic nitrogens is 5. The number of carbonyl (C=O) groups is 1. The van der Waals surface area contributed by atoms with Crippen molar-refractivity contribution in [3.8, 4) is 22.8 Å². The zero-order valence-electron chi connectivity index (χ0n) is 14.8. The van der Waals surface area contributed by atoms with E-state index in [9.17, 15) is 4.79 Å². The van der Waals surface area contributed by atoms with Crippen LogP contribution in [0.4, 0.5) is 0 Å². The van der Waals surface area contributed by atoms with Gasteiger partial charge in [-0.2, -0.15) is 5.10 Å². The van der Waals surface area contributed by atoms with E-state index in [1.807, 2.05) is 30.3 Å². The predicted molar refractivity (Wildman–Crippen MR) is 106 cm³/mol. The van der Waals surface area contributed by atoms with Gasteiger partial charge in [-0.15, -0.1) is 0 Å². The summed E-state index contributed by atoms with van der Waals surface area (Å²) in [4.78, 5) is 24.2. The molecule has 0 amide bonds. The highest BCUT2D eigenvalue weighted by molar-refractivity contribution is 6.30. The number of nitrogens with zero attached hydrogens (tertiary/aromatic N) is 5. The normalized spacial score (nSPS) is 11.0. The summed E-state index contributed by atoms with van der Waals surface area (Å²) in [6.45, 7) is 0.445. The lowest BCUT2D eigenvalue weighted by Gasteiger charge is -2.06. The summed E-state index contributed by atoms with van der Waals surface area (Å²) < 4.78 is 1.74. The van der Waals surface area contributed by atoms with Crippen molar-refractivity contribution in [1.82, 2.24) is 24.7 Å². The second kappa shape index (κ2) is 7.74. The van der Waals surface area contributed by atoms with E-state index < -0.39 is 5.97 Å². The van der Waals surface area contributed by atoms with E-state index in [1.54, 1.807) is 29.2 Å². The maximum absolute atomic E-state index is 10.9. The lowest BCUT2D eigenvalue weighted by molar-refractivity contribution is -0.137. The fourth-order valence-corrected chi connectivity index (χ4v) is 3.04. The van der Waals surface area contributed by atoms with Crippen molar-refractivity contribution >= 4 is 28.6 Å². The van der Waals surface area contributed by atoms with Gasteiger partial charge in [0.05, 0.1) is 11.0 Å². The van der Waals surface area contributed by atoms with Gasteiger partial charge in [-0.25, -0.2) is 9.67 Å². The van der Waals surface area contributed by atoms with Crippen molar-refractivity contribution in [3.63, 3.8) is 0 Å². The summed E-state index contributed by atoms with van der Waals surface area (Å²) in [5.74, 6) is 0.379. The molecule has 2 heterocycles. The number of halogens is 1. The third kappa shape index (κ3) is 3.84. The smallest absolute Gasteiger partial charge is 0.303 e. The first-order valence-corrected chi connectivity index (χ1v) is 9.12. The third-order valence-corrected chi connectivity index (χ3v) is 4.51. The van der Waals surface area contributed by atoms with Gasteiger partial charge >= 0.3 is 5.97 Å². The summed E-state index contributed by atoms with van der Waals surface area (Å²) in [6, 6.07) is 13.0. The van der Waals surface area contributed by atoms with Crippen LogP contribution in [0.3, 0.4) is 0 Å². The highest BCUT2D eigenvalue weighted by Crippen LogP contribution is 2.25. The number of rotatable bonds is 6. The van der Waals surface area contributed by atoms with Crippen molar-refractivity contribution in [2.24, 2.45) is 0 Å². The topological polar surface area (TPSA) is 93.8 Å². The minimum absolute atomic E-state index is 0.0682. The molecule has 0 aliphatic carbocycles. The van der Waals surface area contributed by atoms with Gasteiger partial charge in [0.2, 0.25) is 0 Å². The van der Waals surface area contributed by atoms with E-state index in [1.165, 1.54) is 0 Å². The molecule has 4 aromatic rings. The second-order valence-electron chi connectivity index (χ2n) is 6.25. The molecule has 0 spiro atoms. The van der Waals surface area contributed by atoms with Crippen LogP contribution in [0, 0.1) is 0 Å². The molecule has 0 atom stereocenters. The molecule has 0 aliphatic heterocycles. The van der Waals surface area contributed by atoms with E-state index in [4.69, 9.17) is 21.7 Å². The van der Waals surface area contributed by atoms with Crippen LogP contribution in [0.5, 0.6) is 0 Å². The molecule has 7 nitrogen and oxygen atoms in total. The van der Waals surface area contributed by atoms with E-state index in [2.05, 4.69) is 15.1 Å². The lowest BCUT2D eigenvalue weighted by Crippen LogP contribution is -2.05. The average molecular weight is 394 g/mol. The highest BCUT2D eigenvalue weighted by Gasteiger charge is 2.15. The second-order valence-corrected chi connectivity index (χ2v) is 6.68. The van der Waals surface area contributed by atoms with Gasteiger partial charge in [0.25, 0.3) is 0 Å². The minimum Gasteiger partial charge on any atom is -0.481 e. The Labute approximate surface area is 165 Å². The monoisotopic (exact) mass is 393 g/mol. The van der Waals surface area contributed by atoms with Crippen molar-refractivity contribution in [2.75, 3.05) is 0 Å². The quantitative estimate of drug-likeness (QED) is 0.530. The Morgan fingerprint density at radius 3 is 2.46 bits per heavy atom. The van der Waals surface area contributed by atoms with Crippen molar-refractivity contribution in [3.05, 3.63) is 59.9 Å². The average Bonchev–Trinajstić information content (AvgIpc) is 3.12. The Balaban J connectivity index is 1.75. The maximum atomic E-state index is 10.9. The standard InChI is InChI=1S/C20H16ClN5O2/c21-15-6-3-13(4-7-15)19-24-20(26(25-19)11-1-2-18(27)28)14-5-8-16-17(12-14)23-10-9-22-16/h3-10,12H,1-2,11H2,(H,27,28). The summed E-state index contributed by atoms with van der Waals surface area (Å²) in [5.41, 5.74) is 3.23. The SMILES string of the molecule is O=C(O)CCCn1nc(-c2ccc(Cl)cc2)nc1-c1ccc2nccnc2c1. The van der Waals surface area contributed by atoms with Crippen LogP contribution >= 0.6 is 11.6 Å². The van der Waals surface area contributed by atoms with Gasteiger partial charge in [0, 0.05) is 41.5 Å². The molecular weight excluding hydrogens is 378 g/mol. The molecule has 0 fully saturated rings. The first-order valence-electron chi connectivity index (χ1n) is 8.74. The van der Waals surface area contributed by atoms with Crippen LogP contribution in [-0.2, 0) is 11.3 Å². The van der Waals surface area contributed by atoms with E-state index >= 15 is 0 Å². The molecule has 1 N–H and O–H groups in total.